The maximum atomic E-state index is 13.1. The highest BCUT2D eigenvalue weighted by molar-refractivity contribution is 8.18. The van der Waals surface area contributed by atoms with Crippen molar-refractivity contribution < 1.29 is 33.5 Å². The number of nitrogens with one attached hydrogen (secondary N) is 1. The predicted octanol–water partition coefficient (Wildman–Crippen LogP) is 4.69. The molecule has 222 valence electrons. The van der Waals surface area contributed by atoms with Crippen molar-refractivity contribution in [1.29, 1.82) is 0 Å². The van der Waals surface area contributed by atoms with Gasteiger partial charge in [-0.05, 0) is 65.4 Å². The van der Waals surface area contributed by atoms with Gasteiger partial charge in [0.05, 0.1) is 41.5 Å². The molecule has 2 saturated heterocycles. The van der Waals surface area contributed by atoms with Crippen molar-refractivity contribution in [2.24, 2.45) is 0 Å². The van der Waals surface area contributed by atoms with Crippen molar-refractivity contribution in [1.82, 2.24) is 4.90 Å². The van der Waals surface area contributed by atoms with Gasteiger partial charge in [0, 0.05) is 25.2 Å². The molecule has 0 saturated carbocycles. The van der Waals surface area contributed by atoms with Gasteiger partial charge in [0.15, 0.2) is 11.5 Å². The van der Waals surface area contributed by atoms with E-state index in [1.165, 1.54) is 19.2 Å². The molecule has 2 aliphatic rings. The largest absolute Gasteiger partial charge is 0.493 e. The Kier molecular flexibility index (Phi) is 9.23. The van der Waals surface area contributed by atoms with E-state index in [4.69, 9.17) is 14.2 Å². The van der Waals surface area contributed by atoms with E-state index in [-0.39, 0.29) is 17.2 Å². The number of thioether (sulfide) groups is 1. The van der Waals surface area contributed by atoms with Gasteiger partial charge in [0.1, 0.15) is 13.2 Å². The molecule has 3 aromatic rings. The minimum atomic E-state index is -0.566. The summed E-state index contributed by atoms with van der Waals surface area (Å²) < 4.78 is 16.7. The number of benzene rings is 3. The molecular formula is C30H28N4O8S. The van der Waals surface area contributed by atoms with Gasteiger partial charge < -0.3 is 24.4 Å². The van der Waals surface area contributed by atoms with Gasteiger partial charge in [-0.3, -0.25) is 29.4 Å². The highest BCUT2D eigenvalue weighted by Crippen LogP contribution is 2.35. The minimum absolute atomic E-state index is 0.00941. The Morgan fingerprint density at radius 3 is 2.53 bits per heavy atom. The average molecular weight is 605 g/mol. The molecule has 3 amide bonds. The monoisotopic (exact) mass is 604 g/mol. The number of ether oxygens (including phenoxy) is 3. The van der Waals surface area contributed by atoms with Crippen molar-refractivity contribution in [3.05, 3.63) is 92.9 Å². The Morgan fingerprint density at radius 2 is 1.81 bits per heavy atom. The first-order valence-electron chi connectivity index (χ1n) is 13.3. The molecule has 2 aliphatic heterocycles. The number of carbonyl (C=O) groups excluding carboxylic acids is 3. The Bertz CT molecular complexity index is 1570. The summed E-state index contributed by atoms with van der Waals surface area (Å²) in [5.41, 5.74) is 2.76. The third-order valence-corrected chi connectivity index (χ3v) is 7.64. The second-order valence-electron chi connectivity index (χ2n) is 9.56. The van der Waals surface area contributed by atoms with Crippen LogP contribution in [0.3, 0.4) is 0 Å². The zero-order chi connectivity index (χ0) is 30.3. The van der Waals surface area contributed by atoms with Gasteiger partial charge in [-0.2, -0.15) is 0 Å². The van der Waals surface area contributed by atoms with Crippen LogP contribution in [0.25, 0.3) is 6.08 Å². The first-order valence-corrected chi connectivity index (χ1v) is 14.1. The first kappa shape index (κ1) is 29.6. The van der Waals surface area contributed by atoms with E-state index in [1.807, 2.05) is 18.2 Å². The van der Waals surface area contributed by atoms with Crippen LogP contribution >= 0.6 is 11.8 Å². The summed E-state index contributed by atoms with van der Waals surface area (Å²) in [7, 11) is 1.47. The summed E-state index contributed by atoms with van der Waals surface area (Å²) in [6, 6.07) is 18.4. The van der Waals surface area contributed by atoms with Gasteiger partial charge in [0.25, 0.3) is 16.8 Å². The molecule has 0 unspecified atom stereocenters. The molecular weight excluding hydrogens is 576 g/mol. The van der Waals surface area contributed by atoms with Crippen LogP contribution in [-0.2, 0) is 20.9 Å². The number of amides is 3. The number of para-hydroxylation sites is 2. The highest BCUT2D eigenvalue weighted by Gasteiger charge is 2.36. The van der Waals surface area contributed by atoms with Crippen molar-refractivity contribution in [3.8, 4) is 11.5 Å². The van der Waals surface area contributed by atoms with Crippen LogP contribution < -0.4 is 19.7 Å². The van der Waals surface area contributed by atoms with Gasteiger partial charge in [-0.15, -0.1) is 0 Å². The summed E-state index contributed by atoms with van der Waals surface area (Å²) >= 11 is 0.756. The van der Waals surface area contributed by atoms with Crippen LogP contribution in [0.1, 0.15) is 11.1 Å². The molecule has 2 fully saturated rings. The zero-order valence-corrected chi connectivity index (χ0v) is 24.0. The van der Waals surface area contributed by atoms with Gasteiger partial charge in [0.2, 0.25) is 5.91 Å². The fourth-order valence-corrected chi connectivity index (χ4v) is 5.39. The third-order valence-electron chi connectivity index (χ3n) is 6.73. The number of nitrogens with zero attached hydrogens (tertiary/aromatic N) is 3. The Labute approximate surface area is 251 Å². The molecule has 5 rings (SSSR count). The number of hydrogen-bond donors (Lipinski definition) is 1. The number of imide groups is 1. The van der Waals surface area contributed by atoms with Crippen LogP contribution in [0.2, 0.25) is 0 Å². The second kappa shape index (κ2) is 13.4. The zero-order valence-electron chi connectivity index (χ0n) is 23.2. The maximum Gasteiger partial charge on any atom is 0.294 e. The smallest absolute Gasteiger partial charge is 0.294 e. The average Bonchev–Trinajstić information content (AvgIpc) is 3.28. The van der Waals surface area contributed by atoms with E-state index in [1.54, 1.807) is 42.5 Å². The lowest BCUT2D eigenvalue weighted by Gasteiger charge is -2.30. The molecule has 1 N–H and O–H groups in total. The summed E-state index contributed by atoms with van der Waals surface area (Å²) in [5.74, 6) is -0.224. The van der Waals surface area contributed by atoms with Crippen LogP contribution in [0.15, 0.2) is 71.6 Å². The topological polar surface area (TPSA) is 141 Å². The fourth-order valence-electron chi connectivity index (χ4n) is 4.55. The van der Waals surface area contributed by atoms with Crippen molar-refractivity contribution >= 4 is 52.0 Å². The van der Waals surface area contributed by atoms with E-state index < -0.39 is 28.5 Å². The van der Waals surface area contributed by atoms with Crippen LogP contribution in [0, 0.1) is 10.1 Å². The number of nitro benzene ring substituents is 1. The van der Waals surface area contributed by atoms with E-state index in [9.17, 15) is 24.5 Å². The SMILES string of the molecule is COc1cc(/C=C2/SC(=O)N(CC(=O)Nc3ccccc3N3CCOCC3)C2=O)ccc1OCc1ccc([N+](=O)[O-])cc1. The Hall–Kier alpha value is -4.88. The number of methoxy groups -OCH3 is 1. The number of anilines is 2. The molecule has 0 spiro atoms. The van der Waals surface area contributed by atoms with Crippen LogP contribution in [-0.4, -0.2) is 66.8 Å². The summed E-state index contributed by atoms with van der Waals surface area (Å²) in [4.78, 5) is 52.3. The minimum Gasteiger partial charge on any atom is -0.493 e. The molecule has 3 aromatic carbocycles. The number of nitro groups is 1. The number of non-ortho nitro benzene ring substituents is 1. The van der Waals surface area contributed by atoms with Crippen molar-refractivity contribution in [3.63, 3.8) is 0 Å². The number of hydrogen-bond acceptors (Lipinski definition) is 10. The predicted molar refractivity (Wildman–Crippen MR) is 161 cm³/mol. The summed E-state index contributed by atoms with van der Waals surface area (Å²) in [6.45, 7) is 2.31. The highest BCUT2D eigenvalue weighted by atomic mass is 32.2. The van der Waals surface area contributed by atoms with Gasteiger partial charge in [-0.1, -0.05) is 18.2 Å². The fraction of sp³-hybridized carbons (Fsp3) is 0.233. The summed E-state index contributed by atoms with van der Waals surface area (Å²) in [5, 5.41) is 13.1. The Morgan fingerprint density at radius 1 is 1.07 bits per heavy atom. The lowest BCUT2D eigenvalue weighted by molar-refractivity contribution is -0.384. The molecule has 0 aliphatic carbocycles. The van der Waals surface area contributed by atoms with Crippen molar-refractivity contribution in [2.45, 2.75) is 6.61 Å². The Balaban J connectivity index is 1.22. The normalized spacial score (nSPS) is 16.0. The molecule has 0 atom stereocenters. The number of morpholine rings is 1. The lowest BCUT2D eigenvalue weighted by atomic mass is 10.1. The maximum absolute atomic E-state index is 13.1. The standard InChI is InChI=1S/C30H28N4O8S/c1-40-26-16-21(8-11-25(26)42-19-20-6-9-22(10-7-20)34(38)39)17-27-29(36)33(30(37)43-27)18-28(35)31-23-4-2-3-5-24(23)32-12-14-41-15-13-32/h2-11,16-17H,12-15,18-19H2,1H3,(H,31,35)/b27-17+. The molecule has 12 nitrogen and oxygen atoms in total. The van der Waals surface area contributed by atoms with E-state index in [2.05, 4.69) is 10.2 Å². The first-order chi connectivity index (χ1) is 20.8. The molecule has 0 bridgehead atoms. The molecule has 0 aromatic heterocycles. The lowest BCUT2D eigenvalue weighted by Crippen LogP contribution is -2.38. The quantitative estimate of drug-likeness (QED) is 0.197. The molecule has 43 heavy (non-hydrogen) atoms. The van der Waals surface area contributed by atoms with E-state index in [0.29, 0.717) is 49.1 Å². The van der Waals surface area contributed by atoms with Crippen LogP contribution in [0.4, 0.5) is 21.9 Å². The van der Waals surface area contributed by atoms with Crippen LogP contribution in [0.5, 0.6) is 11.5 Å². The van der Waals surface area contributed by atoms with E-state index >= 15 is 0 Å². The molecule has 2 heterocycles. The molecule has 13 heteroatoms. The van der Waals surface area contributed by atoms with Crippen molar-refractivity contribution in [2.75, 3.05) is 50.2 Å². The third kappa shape index (κ3) is 7.13. The number of rotatable bonds is 10. The second-order valence-corrected chi connectivity index (χ2v) is 10.5. The summed E-state index contributed by atoms with van der Waals surface area (Å²) in [6.07, 6.45) is 1.55. The number of carbonyl (C=O) groups is 3. The van der Waals surface area contributed by atoms with Gasteiger partial charge >= 0.3 is 0 Å². The van der Waals surface area contributed by atoms with Gasteiger partial charge in [-0.25, -0.2) is 0 Å². The van der Waals surface area contributed by atoms with E-state index in [0.717, 1.165) is 27.9 Å². The molecule has 0 radical (unpaired) electrons.